The van der Waals surface area contributed by atoms with Gasteiger partial charge >= 0.3 is 5.69 Å². The molecule has 0 aliphatic heterocycles. The third-order valence-electron chi connectivity index (χ3n) is 3.18. The van der Waals surface area contributed by atoms with Crippen LogP contribution in [0.5, 0.6) is 0 Å². The van der Waals surface area contributed by atoms with E-state index in [-0.39, 0.29) is 10.7 Å². The molecule has 0 aliphatic rings. The highest BCUT2D eigenvalue weighted by Gasteiger charge is 2.21. The third-order valence-corrected chi connectivity index (χ3v) is 4.36. The van der Waals surface area contributed by atoms with Gasteiger partial charge in [-0.25, -0.2) is 27.1 Å². The summed E-state index contributed by atoms with van der Waals surface area (Å²) in [6.07, 6.45) is 1.28. The summed E-state index contributed by atoms with van der Waals surface area (Å²) in [5, 5.41) is 18.1. The van der Waals surface area contributed by atoms with Crippen LogP contribution in [-0.2, 0) is 10.0 Å². The van der Waals surface area contributed by atoms with Gasteiger partial charge in [-0.2, -0.15) is 9.94 Å². The topological polar surface area (TPSA) is 123 Å². The number of aromatic nitrogens is 3. The van der Waals surface area contributed by atoms with Crippen molar-refractivity contribution >= 4 is 27.3 Å². The molecule has 0 spiro atoms. The smallest absolute Gasteiger partial charge is 0.248 e. The fraction of sp³-hybridized carbons (Fsp3) is 0. The van der Waals surface area contributed by atoms with Gasteiger partial charge in [-0.3, -0.25) is 0 Å². The highest BCUT2D eigenvalue weighted by molar-refractivity contribution is 7.89. The molecule has 2 N–H and O–H groups in total. The SMILES string of the molecule is N#Cc1cc(F)c(-n2nc3ccc(Cl)cn3c2=O)cc1S(N)(=O)=O. The fourth-order valence-electron chi connectivity index (χ4n) is 2.13. The minimum atomic E-state index is -4.30. The number of sulfonamides is 1. The van der Waals surface area contributed by atoms with E-state index in [1.165, 1.54) is 18.3 Å². The maximum Gasteiger partial charge on any atom is 0.355 e. The molecule has 3 aromatic rings. The van der Waals surface area contributed by atoms with Gasteiger partial charge in [0.25, 0.3) is 0 Å². The first-order chi connectivity index (χ1) is 11.2. The molecule has 2 aromatic heterocycles. The van der Waals surface area contributed by atoms with Crippen LogP contribution in [0.15, 0.2) is 40.2 Å². The van der Waals surface area contributed by atoms with Crippen LogP contribution in [0.4, 0.5) is 4.39 Å². The number of halogens is 2. The van der Waals surface area contributed by atoms with Crippen LogP contribution < -0.4 is 10.8 Å². The fourth-order valence-corrected chi connectivity index (χ4v) is 2.98. The average Bonchev–Trinajstić information content (AvgIpc) is 2.82. The number of fused-ring (bicyclic) bond motifs is 1. The van der Waals surface area contributed by atoms with Crippen LogP contribution in [0.25, 0.3) is 11.3 Å². The minimum absolute atomic E-state index is 0.172. The lowest BCUT2D eigenvalue weighted by Crippen LogP contribution is -2.22. The molecule has 1 aromatic carbocycles. The summed E-state index contributed by atoms with van der Waals surface area (Å²) in [5.41, 5.74) is -1.52. The van der Waals surface area contributed by atoms with E-state index in [9.17, 15) is 17.6 Å². The normalized spacial score (nSPS) is 11.6. The number of hydrogen-bond acceptors (Lipinski definition) is 5. The highest BCUT2D eigenvalue weighted by Crippen LogP contribution is 2.21. The van der Waals surface area contributed by atoms with Crippen molar-refractivity contribution in [2.45, 2.75) is 4.90 Å². The Bertz CT molecular complexity index is 1190. The molecule has 3 rings (SSSR count). The van der Waals surface area contributed by atoms with E-state index in [1.807, 2.05) is 0 Å². The van der Waals surface area contributed by atoms with Gasteiger partial charge in [0.1, 0.15) is 22.5 Å². The van der Waals surface area contributed by atoms with Crippen molar-refractivity contribution in [3.8, 4) is 11.8 Å². The van der Waals surface area contributed by atoms with Crippen LogP contribution >= 0.6 is 11.6 Å². The molecule has 8 nitrogen and oxygen atoms in total. The zero-order valence-corrected chi connectivity index (χ0v) is 13.2. The molecule has 0 amide bonds. The summed E-state index contributed by atoms with van der Waals surface area (Å²) in [5.74, 6) is -1.00. The number of nitriles is 1. The van der Waals surface area contributed by atoms with Gasteiger partial charge in [-0.1, -0.05) is 11.6 Å². The monoisotopic (exact) mass is 367 g/mol. The Morgan fingerprint density at radius 3 is 2.67 bits per heavy atom. The first kappa shape index (κ1) is 16.1. The summed E-state index contributed by atoms with van der Waals surface area (Å²) in [4.78, 5) is 11.7. The lowest BCUT2D eigenvalue weighted by Gasteiger charge is -2.06. The largest absolute Gasteiger partial charge is 0.355 e. The van der Waals surface area contributed by atoms with Crippen molar-refractivity contribution in [2.75, 3.05) is 0 Å². The van der Waals surface area contributed by atoms with Gasteiger partial charge in [0.05, 0.1) is 10.6 Å². The summed E-state index contributed by atoms with van der Waals surface area (Å²) in [6, 6.07) is 5.93. The second-order valence-electron chi connectivity index (χ2n) is 4.73. The van der Waals surface area contributed by atoms with E-state index in [0.29, 0.717) is 10.7 Å². The molecule has 0 bridgehead atoms. The van der Waals surface area contributed by atoms with Crippen LogP contribution in [-0.4, -0.2) is 22.6 Å². The van der Waals surface area contributed by atoms with Gasteiger partial charge in [-0.15, -0.1) is 5.10 Å². The number of hydrogen-bond donors (Lipinski definition) is 1. The van der Waals surface area contributed by atoms with Crippen LogP contribution in [0.3, 0.4) is 0 Å². The molecule has 0 atom stereocenters. The first-order valence-corrected chi connectivity index (χ1v) is 8.18. The Balaban J connectivity index is 2.37. The van der Waals surface area contributed by atoms with Crippen molar-refractivity contribution in [3.05, 3.63) is 57.3 Å². The maximum absolute atomic E-state index is 14.3. The Morgan fingerprint density at radius 2 is 2.04 bits per heavy atom. The van der Waals surface area contributed by atoms with Crippen molar-refractivity contribution in [3.63, 3.8) is 0 Å². The maximum atomic E-state index is 14.3. The molecule has 122 valence electrons. The van der Waals surface area contributed by atoms with Gasteiger partial charge in [0.15, 0.2) is 5.65 Å². The molecule has 0 saturated heterocycles. The Labute approximate surface area is 139 Å². The summed E-state index contributed by atoms with van der Waals surface area (Å²) in [6.45, 7) is 0. The lowest BCUT2D eigenvalue weighted by molar-refractivity contribution is 0.592. The standard InChI is InChI=1S/C13H7ClFN5O3S/c14-8-1-2-12-18-20(13(21)19(12)6-8)10-4-11(24(17,22)23)7(5-16)3-9(10)15/h1-4,6H,(H2,17,22,23). The van der Waals surface area contributed by atoms with Gasteiger partial charge in [0.2, 0.25) is 10.0 Å². The third kappa shape index (κ3) is 2.54. The number of rotatable bonds is 2. The first-order valence-electron chi connectivity index (χ1n) is 6.26. The van der Waals surface area contributed by atoms with Crippen molar-refractivity contribution in [1.29, 1.82) is 5.26 Å². The molecular weight excluding hydrogens is 361 g/mol. The number of primary sulfonamides is 1. The molecule has 24 heavy (non-hydrogen) atoms. The van der Waals surface area contributed by atoms with E-state index in [0.717, 1.165) is 10.5 Å². The van der Waals surface area contributed by atoms with E-state index in [4.69, 9.17) is 22.0 Å². The molecule has 0 unspecified atom stereocenters. The van der Waals surface area contributed by atoms with Crippen LogP contribution in [0.1, 0.15) is 5.56 Å². The molecule has 0 aliphatic carbocycles. The van der Waals surface area contributed by atoms with Gasteiger partial charge in [0, 0.05) is 6.20 Å². The van der Waals surface area contributed by atoms with Crippen LogP contribution in [0, 0.1) is 17.1 Å². The number of benzene rings is 1. The van der Waals surface area contributed by atoms with Crippen molar-refractivity contribution in [2.24, 2.45) is 5.14 Å². The number of pyridine rings is 1. The Kier molecular flexibility index (Phi) is 3.64. The Hall–Kier alpha value is -2.74. The van der Waals surface area contributed by atoms with E-state index >= 15 is 0 Å². The van der Waals surface area contributed by atoms with Crippen molar-refractivity contribution in [1.82, 2.24) is 14.2 Å². The lowest BCUT2D eigenvalue weighted by atomic mass is 10.2. The second kappa shape index (κ2) is 5.41. The zero-order chi connectivity index (χ0) is 17.6. The van der Waals surface area contributed by atoms with Gasteiger partial charge in [-0.05, 0) is 24.3 Å². The minimum Gasteiger partial charge on any atom is -0.248 e. The molecule has 0 fully saturated rings. The molecule has 0 saturated carbocycles. The quantitative estimate of drug-likeness (QED) is 0.717. The predicted octanol–water partition coefficient (Wildman–Crippen LogP) is 0.797. The van der Waals surface area contributed by atoms with Crippen LogP contribution in [0.2, 0.25) is 5.02 Å². The second-order valence-corrected chi connectivity index (χ2v) is 6.69. The molecule has 0 radical (unpaired) electrons. The van der Waals surface area contributed by atoms with E-state index < -0.39 is 37.7 Å². The predicted molar refractivity (Wildman–Crippen MR) is 81.8 cm³/mol. The van der Waals surface area contributed by atoms with Crippen molar-refractivity contribution < 1.29 is 12.8 Å². The summed E-state index contributed by atoms with van der Waals surface area (Å²) in [7, 11) is -4.30. The zero-order valence-electron chi connectivity index (χ0n) is 11.6. The Morgan fingerprint density at radius 1 is 1.33 bits per heavy atom. The average molecular weight is 368 g/mol. The molecule has 11 heteroatoms. The van der Waals surface area contributed by atoms with E-state index in [1.54, 1.807) is 6.07 Å². The summed E-state index contributed by atoms with van der Waals surface area (Å²) >= 11 is 5.80. The number of nitrogens with zero attached hydrogens (tertiary/aromatic N) is 4. The van der Waals surface area contributed by atoms with Gasteiger partial charge < -0.3 is 0 Å². The number of nitrogens with two attached hydrogens (primary N) is 1. The summed E-state index contributed by atoms with van der Waals surface area (Å²) < 4.78 is 39.2. The molecule has 2 heterocycles. The highest BCUT2D eigenvalue weighted by atomic mass is 35.5. The van der Waals surface area contributed by atoms with E-state index in [2.05, 4.69) is 5.10 Å². The molecular formula is C13H7ClFN5O3S.